The van der Waals surface area contributed by atoms with E-state index in [2.05, 4.69) is 30.8 Å². The Morgan fingerprint density at radius 1 is 1.04 bits per heavy atom. The van der Waals surface area contributed by atoms with Crippen molar-refractivity contribution in [2.24, 2.45) is 5.92 Å². The van der Waals surface area contributed by atoms with E-state index in [1.54, 1.807) is 12.1 Å². The van der Waals surface area contributed by atoms with Crippen molar-refractivity contribution in [1.29, 1.82) is 0 Å². The van der Waals surface area contributed by atoms with Crippen molar-refractivity contribution in [2.45, 2.75) is 24.8 Å². The zero-order valence-corrected chi connectivity index (χ0v) is 16.7. The van der Waals surface area contributed by atoms with Gasteiger partial charge in [0.05, 0.1) is 4.90 Å². The topological polar surface area (TPSA) is 85.1 Å². The highest BCUT2D eigenvalue weighted by Crippen LogP contribution is 2.26. The molecule has 1 atom stereocenters. The van der Waals surface area contributed by atoms with Gasteiger partial charge in [0.2, 0.25) is 21.7 Å². The van der Waals surface area contributed by atoms with Crippen molar-refractivity contribution in [2.75, 3.05) is 0 Å². The van der Waals surface area contributed by atoms with Crippen molar-refractivity contribution < 1.29 is 12.9 Å². The first-order chi connectivity index (χ1) is 12.4. The summed E-state index contributed by atoms with van der Waals surface area (Å²) in [6.45, 7) is 3.78. The number of hydrogen-bond donors (Lipinski definition) is 1. The number of halogens is 1. The van der Waals surface area contributed by atoms with Crippen LogP contribution in [-0.2, 0) is 10.0 Å². The van der Waals surface area contributed by atoms with Crippen molar-refractivity contribution in [3.05, 3.63) is 65.0 Å². The molecular weight excluding hydrogens is 418 g/mol. The second-order valence-corrected chi connectivity index (χ2v) is 8.75. The molecule has 0 saturated carbocycles. The van der Waals surface area contributed by atoms with Gasteiger partial charge in [0.15, 0.2) is 0 Å². The molecule has 0 fully saturated rings. The van der Waals surface area contributed by atoms with Crippen LogP contribution >= 0.6 is 15.9 Å². The standard InChI is InChI=1S/C18H18BrN3O3S/c1-12(2)16(22-26(23,24)15-10-8-14(19)9-11-15)18-20-17(21-25-18)13-6-4-3-5-7-13/h3-12,16,22H,1-2H3. The van der Waals surface area contributed by atoms with Crippen LogP contribution in [0.3, 0.4) is 0 Å². The molecule has 1 aromatic heterocycles. The lowest BCUT2D eigenvalue weighted by Crippen LogP contribution is -2.32. The Morgan fingerprint density at radius 2 is 1.69 bits per heavy atom. The average molecular weight is 436 g/mol. The molecule has 2 aromatic carbocycles. The Labute approximate surface area is 160 Å². The first-order valence-corrected chi connectivity index (χ1v) is 10.3. The second kappa shape index (κ2) is 7.69. The van der Waals surface area contributed by atoms with Crippen molar-refractivity contribution in [3.63, 3.8) is 0 Å². The lowest BCUT2D eigenvalue weighted by atomic mass is 10.1. The smallest absolute Gasteiger partial charge is 0.245 e. The summed E-state index contributed by atoms with van der Waals surface area (Å²) < 4.78 is 34.2. The quantitative estimate of drug-likeness (QED) is 0.627. The van der Waals surface area contributed by atoms with Gasteiger partial charge in [0.1, 0.15) is 6.04 Å². The SMILES string of the molecule is CC(C)C(NS(=O)(=O)c1ccc(Br)cc1)c1nc(-c2ccccc2)no1. The lowest BCUT2D eigenvalue weighted by molar-refractivity contribution is 0.311. The third kappa shape index (κ3) is 4.20. The molecule has 1 heterocycles. The highest BCUT2D eigenvalue weighted by Gasteiger charge is 2.28. The Kier molecular flexibility index (Phi) is 5.55. The van der Waals surface area contributed by atoms with E-state index >= 15 is 0 Å². The molecule has 26 heavy (non-hydrogen) atoms. The molecule has 6 nitrogen and oxygen atoms in total. The number of nitrogens with one attached hydrogen (secondary N) is 1. The van der Waals surface area contributed by atoms with E-state index in [9.17, 15) is 8.42 Å². The van der Waals surface area contributed by atoms with E-state index < -0.39 is 16.1 Å². The zero-order valence-electron chi connectivity index (χ0n) is 14.3. The maximum absolute atomic E-state index is 12.7. The molecule has 0 saturated heterocycles. The van der Waals surface area contributed by atoms with Crippen molar-refractivity contribution >= 4 is 26.0 Å². The summed E-state index contributed by atoms with van der Waals surface area (Å²) in [6, 6.07) is 15.2. The van der Waals surface area contributed by atoms with Gasteiger partial charge < -0.3 is 4.52 Å². The highest BCUT2D eigenvalue weighted by molar-refractivity contribution is 9.10. The zero-order chi connectivity index (χ0) is 18.7. The molecular formula is C18H18BrN3O3S. The summed E-state index contributed by atoms with van der Waals surface area (Å²) in [5.41, 5.74) is 0.806. The molecule has 1 unspecified atom stereocenters. The number of rotatable bonds is 6. The molecule has 136 valence electrons. The molecule has 3 aromatic rings. The first-order valence-electron chi connectivity index (χ1n) is 8.04. The summed E-state index contributed by atoms with van der Waals surface area (Å²) in [6.07, 6.45) is 0. The predicted octanol–water partition coefficient (Wildman–Crippen LogP) is 4.17. The Hall–Kier alpha value is -2.03. The fourth-order valence-corrected chi connectivity index (χ4v) is 3.99. The van der Waals surface area contributed by atoms with E-state index in [1.165, 1.54) is 12.1 Å². The van der Waals surface area contributed by atoms with Crippen LogP contribution in [0.2, 0.25) is 0 Å². The monoisotopic (exact) mass is 435 g/mol. The van der Waals surface area contributed by atoms with Crippen LogP contribution in [0.25, 0.3) is 11.4 Å². The van der Waals surface area contributed by atoms with Gasteiger partial charge >= 0.3 is 0 Å². The van der Waals surface area contributed by atoms with Gasteiger partial charge in [-0.1, -0.05) is 65.3 Å². The van der Waals surface area contributed by atoms with Crippen LogP contribution < -0.4 is 4.72 Å². The minimum atomic E-state index is -3.72. The minimum absolute atomic E-state index is 0.0794. The molecule has 0 radical (unpaired) electrons. The Bertz CT molecular complexity index is 970. The average Bonchev–Trinajstić information content (AvgIpc) is 3.10. The maximum atomic E-state index is 12.7. The Morgan fingerprint density at radius 3 is 2.31 bits per heavy atom. The van der Waals surface area contributed by atoms with Gasteiger partial charge in [-0.2, -0.15) is 9.71 Å². The van der Waals surface area contributed by atoms with Crippen molar-refractivity contribution in [1.82, 2.24) is 14.9 Å². The van der Waals surface area contributed by atoms with Gasteiger partial charge in [-0.3, -0.25) is 0 Å². The summed E-state index contributed by atoms with van der Waals surface area (Å²) in [4.78, 5) is 4.56. The molecule has 8 heteroatoms. The summed E-state index contributed by atoms with van der Waals surface area (Å²) >= 11 is 3.30. The molecule has 0 spiro atoms. The molecule has 0 aliphatic carbocycles. The van der Waals surface area contributed by atoms with E-state index in [-0.39, 0.29) is 16.7 Å². The highest BCUT2D eigenvalue weighted by atomic mass is 79.9. The molecule has 0 aliphatic heterocycles. The summed E-state index contributed by atoms with van der Waals surface area (Å²) in [7, 11) is -3.72. The molecule has 0 amide bonds. The summed E-state index contributed by atoms with van der Waals surface area (Å²) in [5, 5.41) is 3.98. The van der Waals surface area contributed by atoms with E-state index in [0.29, 0.717) is 5.82 Å². The summed E-state index contributed by atoms with van der Waals surface area (Å²) in [5.74, 6) is 0.581. The Balaban J connectivity index is 1.88. The molecule has 1 N–H and O–H groups in total. The van der Waals surface area contributed by atoms with Crippen LogP contribution in [0.5, 0.6) is 0 Å². The van der Waals surface area contributed by atoms with Gasteiger partial charge in [-0.05, 0) is 30.2 Å². The normalized spacial score (nSPS) is 13.1. The van der Waals surface area contributed by atoms with Crippen molar-refractivity contribution in [3.8, 4) is 11.4 Å². The van der Waals surface area contributed by atoms with Gasteiger partial charge in [0.25, 0.3) is 0 Å². The number of benzene rings is 2. The largest absolute Gasteiger partial charge is 0.337 e. The number of sulfonamides is 1. The second-order valence-electron chi connectivity index (χ2n) is 6.12. The lowest BCUT2D eigenvalue weighted by Gasteiger charge is -2.18. The van der Waals surface area contributed by atoms with Gasteiger partial charge in [-0.15, -0.1) is 0 Å². The molecule has 3 rings (SSSR count). The van der Waals surface area contributed by atoms with E-state index in [0.717, 1.165) is 10.0 Å². The molecule has 0 aliphatic rings. The first kappa shape index (κ1) is 18.8. The van der Waals surface area contributed by atoms with E-state index in [1.807, 2.05) is 44.2 Å². The van der Waals surface area contributed by atoms with Gasteiger partial charge in [0, 0.05) is 10.0 Å². The minimum Gasteiger partial charge on any atom is -0.337 e. The van der Waals surface area contributed by atoms with Crippen LogP contribution in [0.1, 0.15) is 25.8 Å². The van der Waals surface area contributed by atoms with Crippen LogP contribution in [0, 0.1) is 5.92 Å². The fraction of sp³-hybridized carbons (Fsp3) is 0.222. The predicted molar refractivity (Wildman–Crippen MR) is 102 cm³/mol. The number of nitrogens with zero attached hydrogens (tertiary/aromatic N) is 2. The molecule has 0 bridgehead atoms. The third-order valence-corrected chi connectivity index (χ3v) is 5.80. The fourth-order valence-electron chi connectivity index (χ4n) is 2.39. The number of hydrogen-bond acceptors (Lipinski definition) is 5. The van der Waals surface area contributed by atoms with Gasteiger partial charge in [-0.25, -0.2) is 8.42 Å². The van der Waals surface area contributed by atoms with Crippen LogP contribution in [0.15, 0.2) is 68.5 Å². The maximum Gasteiger partial charge on any atom is 0.245 e. The number of aromatic nitrogens is 2. The van der Waals surface area contributed by atoms with Crippen LogP contribution in [-0.4, -0.2) is 18.6 Å². The van der Waals surface area contributed by atoms with Crippen LogP contribution in [0.4, 0.5) is 0 Å². The third-order valence-electron chi connectivity index (χ3n) is 3.81. The van der Waals surface area contributed by atoms with E-state index in [4.69, 9.17) is 4.52 Å².